The molecular weight excluding hydrogens is 388 g/mol. The van der Waals surface area contributed by atoms with Crippen LogP contribution in [-0.2, 0) is 25.6 Å². The molecule has 158 valence electrons. The van der Waals surface area contributed by atoms with Gasteiger partial charge in [0, 0.05) is 6.92 Å². The fourth-order valence-corrected chi connectivity index (χ4v) is 3.20. The average molecular weight is 412 g/mol. The summed E-state index contributed by atoms with van der Waals surface area (Å²) in [6.45, 7) is 0.800. The molecule has 7 nitrogen and oxygen atoms in total. The zero-order chi connectivity index (χ0) is 21.6. The number of carbonyl (C=O) groups excluding carboxylic acids is 2. The lowest BCUT2D eigenvalue weighted by molar-refractivity contribution is -0.211. The molecule has 0 aliphatic heterocycles. The number of hydrogen-bond donors (Lipinski definition) is 2. The van der Waals surface area contributed by atoms with Gasteiger partial charge in [0.05, 0.1) is 12.2 Å². The first-order valence-electron chi connectivity index (χ1n) is 9.54. The van der Waals surface area contributed by atoms with Crippen LogP contribution in [-0.4, -0.2) is 52.7 Å². The predicted octanol–water partition coefficient (Wildman–Crippen LogP) is 2.02. The molecule has 3 rings (SSSR count). The number of esters is 2. The Morgan fingerprint density at radius 3 is 2.27 bits per heavy atom. The van der Waals surface area contributed by atoms with Gasteiger partial charge < -0.3 is 24.4 Å². The molecule has 2 aromatic carbocycles. The van der Waals surface area contributed by atoms with Crippen LogP contribution < -0.4 is 0 Å². The van der Waals surface area contributed by atoms with Crippen LogP contribution in [0.25, 0.3) is 0 Å². The summed E-state index contributed by atoms with van der Waals surface area (Å²) < 4.78 is 16.4. The molecule has 4 atom stereocenters. The standard InChI is InChI=1S/C23H24O7/c1-16(24)30-21-19(28-14-17-8-4-2-5-9-17)12-13-20(25)23(21,27)15-29-22(26)18-10-6-3-7-11-18/h2-13,19-21,25,27H,14-15H2,1H3/t19-,20+,21+,23-/m1/s1. The van der Waals surface area contributed by atoms with E-state index in [2.05, 4.69) is 0 Å². The highest BCUT2D eigenvalue weighted by atomic mass is 16.6. The van der Waals surface area contributed by atoms with Crippen LogP contribution in [0.1, 0.15) is 22.8 Å². The van der Waals surface area contributed by atoms with Gasteiger partial charge in [0.1, 0.15) is 18.8 Å². The Kier molecular flexibility index (Phi) is 6.99. The molecule has 2 aromatic rings. The maximum Gasteiger partial charge on any atom is 0.338 e. The summed E-state index contributed by atoms with van der Waals surface area (Å²) in [5.41, 5.74) is -0.896. The van der Waals surface area contributed by atoms with Crippen molar-refractivity contribution < 1.29 is 34.0 Å². The quantitative estimate of drug-likeness (QED) is 0.530. The van der Waals surface area contributed by atoms with Gasteiger partial charge in [0.2, 0.25) is 0 Å². The van der Waals surface area contributed by atoms with Gasteiger partial charge in [0.25, 0.3) is 0 Å². The Labute approximate surface area is 174 Å². The van der Waals surface area contributed by atoms with Crippen LogP contribution in [0.2, 0.25) is 0 Å². The molecule has 0 saturated carbocycles. The maximum atomic E-state index is 12.3. The number of hydrogen-bond acceptors (Lipinski definition) is 7. The summed E-state index contributed by atoms with van der Waals surface area (Å²) in [6, 6.07) is 17.6. The lowest BCUT2D eigenvalue weighted by Crippen LogP contribution is -2.62. The van der Waals surface area contributed by atoms with Gasteiger partial charge in [-0.15, -0.1) is 0 Å². The van der Waals surface area contributed by atoms with E-state index in [1.165, 1.54) is 19.1 Å². The topological polar surface area (TPSA) is 102 Å². The van der Waals surface area contributed by atoms with Crippen molar-refractivity contribution in [3.05, 3.63) is 83.9 Å². The normalized spacial score (nSPS) is 25.5. The van der Waals surface area contributed by atoms with Crippen LogP contribution in [0.15, 0.2) is 72.8 Å². The van der Waals surface area contributed by atoms with E-state index in [9.17, 15) is 19.8 Å². The first-order chi connectivity index (χ1) is 14.4. The van der Waals surface area contributed by atoms with E-state index in [1.54, 1.807) is 30.3 Å². The van der Waals surface area contributed by atoms with Crippen LogP contribution in [0.5, 0.6) is 0 Å². The molecule has 30 heavy (non-hydrogen) atoms. The Morgan fingerprint density at radius 2 is 1.63 bits per heavy atom. The molecule has 0 fully saturated rings. The molecule has 2 N–H and O–H groups in total. The van der Waals surface area contributed by atoms with Gasteiger partial charge in [-0.2, -0.15) is 0 Å². The molecule has 0 radical (unpaired) electrons. The second kappa shape index (κ2) is 9.67. The fourth-order valence-electron chi connectivity index (χ4n) is 3.20. The van der Waals surface area contributed by atoms with E-state index in [4.69, 9.17) is 14.2 Å². The minimum atomic E-state index is -2.08. The van der Waals surface area contributed by atoms with E-state index in [0.717, 1.165) is 5.56 Å². The third-order valence-corrected chi connectivity index (χ3v) is 4.81. The van der Waals surface area contributed by atoms with E-state index in [-0.39, 0.29) is 6.61 Å². The largest absolute Gasteiger partial charge is 0.459 e. The minimum Gasteiger partial charge on any atom is -0.459 e. The van der Waals surface area contributed by atoms with E-state index in [0.29, 0.717) is 5.56 Å². The summed E-state index contributed by atoms with van der Waals surface area (Å²) >= 11 is 0. The van der Waals surface area contributed by atoms with Crippen LogP contribution >= 0.6 is 0 Å². The molecular formula is C23H24O7. The number of ether oxygens (including phenoxy) is 3. The van der Waals surface area contributed by atoms with Crippen molar-refractivity contribution in [2.24, 2.45) is 0 Å². The number of carbonyl (C=O) groups is 2. The minimum absolute atomic E-state index is 0.198. The number of benzene rings is 2. The van der Waals surface area contributed by atoms with Gasteiger partial charge in [-0.25, -0.2) is 4.79 Å². The van der Waals surface area contributed by atoms with Gasteiger partial charge in [0.15, 0.2) is 11.7 Å². The first-order valence-corrected chi connectivity index (χ1v) is 9.54. The second-order valence-corrected chi connectivity index (χ2v) is 7.05. The molecule has 1 aliphatic carbocycles. The lowest BCUT2D eigenvalue weighted by Gasteiger charge is -2.42. The van der Waals surface area contributed by atoms with Crippen molar-refractivity contribution in [2.75, 3.05) is 6.61 Å². The summed E-state index contributed by atoms with van der Waals surface area (Å²) in [4.78, 5) is 24.0. The third kappa shape index (κ3) is 5.13. The summed E-state index contributed by atoms with van der Waals surface area (Å²) in [6.07, 6.45) is -0.692. The average Bonchev–Trinajstić information content (AvgIpc) is 2.76. The van der Waals surface area contributed by atoms with Crippen molar-refractivity contribution in [3.63, 3.8) is 0 Å². The predicted molar refractivity (Wildman–Crippen MR) is 107 cm³/mol. The van der Waals surface area contributed by atoms with Crippen molar-refractivity contribution in [1.29, 1.82) is 0 Å². The van der Waals surface area contributed by atoms with Crippen molar-refractivity contribution in [3.8, 4) is 0 Å². The van der Waals surface area contributed by atoms with E-state index in [1.807, 2.05) is 30.3 Å². The van der Waals surface area contributed by atoms with Crippen LogP contribution in [0.4, 0.5) is 0 Å². The highest BCUT2D eigenvalue weighted by molar-refractivity contribution is 5.89. The van der Waals surface area contributed by atoms with Crippen LogP contribution in [0.3, 0.4) is 0 Å². The fraction of sp³-hybridized carbons (Fsp3) is 0.304. The highest BCUT2D eigenvalue weighted by Crippen LogP contribution is 2.31. The van der Waals surface area contributed by atoms with Crippen molar-refractivity contribution >= 4 is 11.9 Å². The SMILES string of the molecule is CC(=O)O[C@H]1[C@H](OCc2ccccc2)C=C[C@H](O)[C@]1(O)COC(=O)c1ccccc1. The Balaban J connectivity index is 1.76. The van der Waals surface area contributed by atoms with E-state index >= 15 is 0 Å². The maximum absolute atomic E-state index is 12.3. The lowest BCUT2D eigenvalue weighted by atomic mass is 9.82. The number of rotatable bonds is 7. The molecule has 7 heteroatoms. The zero-order valence-electron chi connectivity index (χ0n) is 16.5. The van der Waals surface area contributed by atoms with Gasteiger partial charge in [-0.1, -0.05) is 60.7 Å². The molecule has 0 saturated heterocycles. The number of aliphatic hydroxyl groups is 2. The number of aliphatic hydroxyl groups excluding tert-OH is 1. The molecule has 0 unspecified atom stereocenters. The Morgan fingerprint density at radius 1 is 1.00 bits per heavy atom. The molecule has 0 aromatic heterocycles. The van der Waals surface area contributed by atoms with Gasteiger partial charge in [-0.3, -0.25) is 4.79 Å². The van der Waals surface area contributed by atoms with Gasteiger partial charge in [-0.05, 0) is 17.7 Å². The third-order valence-electron chi connectivity index (χ3n) is 4.81. The summed E-state index contributed by atoms with van der Waals surface area (Å²) in [7, 11) is 0. The molecule has 0 amide bonds. The first kappa shape index (κ1) is 21.7. The van der Waals surface area contributed by atoms with E-state index < -0.39 is 42.5 Å². The molecule has 0 heterocycles. The smallest absolute Gasteiger partial charge is 0.338 e. The molecule has 1 aliphatic rings. The summed E-state index contributed by atoms with van der Waals surface area (Å²) in [5, 5.41) is 21.6. The highest BCUT2D eigenvalue weighted by Gasteiger charge is 2.52. The van der Waals surface area contributed by atoms with Gasteiger partial charge >= 0.3 is 11.9 Å². The second-order valence-electron chi connectivity index (χ2n) is 7.05. The molecule has 0 spiro atoms. The summed E-state index contributed by atoms with van der Waals surface area (Å²) in [5.74, 6) is -1.34. The monoisotopic (exact) mass is 412 g/mol. The zero-order valence-corrected chi connectivity index (χ0v) is 16.5. The Hall–Kier alpha value is -3.00. The molecule has 0 bridgehead atoms. The Bertz CT molecular complexity index is 881. The van der Waals surface area contributed by atoms with Crippen molar-refractivity contribution in [1.82, 2.24) is 0 Å². The van der Waals surface area contributed by atoms with Crippen molar-refractivity contribution in [2.45, 2.75) is 37.4 Å². The van der Waals surface area contributed by atoms with Crippen LogP contribution in [0, 0.1) is 0 Å².